The maximum atomic E-state index is 13.5. The summed E-state index contributed by atoms with van der Waals surface area (Å²) < 4.78 is 16.0. The Morgan fingerprint density at radius 2 is 1.94 bits per heavy atom. The molecule has 6 nitrogen and oxygen atoms in total. The zero-order valence-electron chi connectivity index (χ0n) is 18.5. The first kappa shape index (κ1) is 22.3. The number of nitrogens with one attached hydrogen (secondary N) is 1. The van der Waals surface area contributed by atoms with Crippen LogP contribution < -0.4 is 10.1 Å². The van der Waals surface area contributed by atoms with Gasteiger partial charge in [-0.1, -0.05) is 24.3 Å². The maximum absolute atomic E-state index is 13.5. The van der Waals surface area contributed by atoms with Crippen molar-refractivity contribution in [3.63, 3.8) is 0 Å². The average molecular weight is 454 g/mol. The van der Waals surface area contributed by atoms with Gasteiger partial charge in [-0.25, -0.2) is 4.79 Å². The summed E-state index contributed by atoms with van der Waals surface area (Å²) >= 11 is 1.54. The van der Waals surface area contributed by atoms with Gasteiger partial charge in [0.25, 0.3) is 0 Å². The average Bonchev–Trinajstić information content (AvgIpc) is 3.32. The van der Waals surface area contributed by atoms with E-state index in [4.69, 9.17) is 14.2 Å². The Balaban J connectivity index is 1.71. The van der Waals surface area contributed by atoms with Gasteiger partial charge in [-0.05, 0) is 36.4 Å². The Kier molecular flexibility index (Phi) is 6.77. The van der Waals surface area contributed by atoms with Crippen molar-refractivity contribution in [2.45, 2.75) is 31.6 Å². The smallest absolute Gasteiger partial charge is 0.336 e. The molecule has 1 aromatic heterocycles. The largest absolute Gasteiger partial charge is 0.496 e. The maximum Gasteiger partial charge on any atom is 0.336 e. The summed E-state index contributed by atoms with van der Waals surface area (Å²) in [6.07, 6.45) is 1.04. The van der Waals surface area contributed by atoms with Crippen LogP contribution in [0.25, 0.3) is 0 Å². The van der Waals surface area contributed by atoms with E-state index < -0.39 is 11.9 Å². The lowest BCUT2D eigenvalue weighted by Crippen LogP contribution is -2.36. The molecule has 0 saturated carbocycles. The second-order valence-corrected chi connectivity index (χ2v) is 8.88. The minimum absolute atomic E-state index is 0.0110. The zero-order valence-corrected chi connectivity index (χ0v) is 19.3. The van der Waals surface area contributed by atoms with Crippen LogP contribution >= 0.6 is 11.3 Å². The second-order valence-electron chi connectivity index (χ2n) is 7.90. The second kappa shape index (κ2) is 9.71. The molecular weight excluding hydrogens is 426 g/mol. The number of esters is 1. The van der Waals surface area contributed by atoms with Gasteiger partial charge in [0.15, 0.2) is 5.78 Å². The van der Waals surface area contributed by atoms with Gasteiger partial charge in [0.05, 0.1) is 25.2 Å². The van der Waals surface area contributed by atoms with Crippen LogP contribution in [0.1, 0.15) is 42.0 Å². The number of allylic oxidation sites excluding steroid dienone is 3. The molecule has 0 bridgehead atoms. The molecular formula is C25H27NO5S. The van der Waals surface area contributed by atoms with Gasteiger partial charge in [0, 0.05) is 41.3 Å². The summed E-state index contributed by atoms with van der Waals surface area (Å²) in [5.41, 5.74) is 3.78. The quantitative estimate of drug-likeness (QED) is 0.498. The third kappa shape index (κ3) is 4.23. The van der Waals surface area contributed by atoms with Crippen molar-refractivity contribution in [2.75, 3.05) is 27.4 Å². The summed E-state index contributed by atoms with van der Waals surface area (Å²) in [5, 5.41) is 5.33. The highest BCUT2D eigenvalue weighted by atomic mass is 32.1. The van der Waals surface area contributed by atoms with Crippen LogP contribution in [0.15, 0.2) is 64.3 Å². The molecule has 2 atom stereocenters. The number of rotatable bonds is 7. The summed E-state index contributed by atoms with van der Waals surface area (Å²) in [6.45, 7) is 2.36. The van der Waals surface area contributed by atoms with Crippen LogP contribution in [0, 0.1) is 0 Å². The van der Waals surface area contributed by atoms with Crippen LogP contribution in [0.4, 0.5) is 0 Å². The topological polar surface area (TPSA) is 73.9 Å². The van der Waals surface area contributed by atoms with Crippen molar-refractivity contribution in [2.24, 2.45) is 0 Å². The third-order valence-corrected chi connectivity index (χ3v) is 6.91. The summed E-state index contributed by atoms with van der Waals surface area (Å²) in [4.78, 5) is 27.5. The number of ether oxygens (including phenoxy) is 3. The van der Waals surface area contributed by atoms with E-state index in [1.807, 2.05) is 48.7 Å². The molecule has 1 aliphatic carbocycles. The fourth-order valence-electron chi connectivity index (χ4n) is 4.57. The van der Waals surface area contributed by atoms with Gasteiger partial charge in [-0.3, -0.25) is 4.79 Å². The molecule has 1 aromatic carbocycles. The first-order valence-corrected chi connectivity index (χ1v) is 11.5. The van der Waals surface area contributed by atoms with Gasteiger partial charge in [-0.15, -0.1) is 11.3 Å². The first-order chi connectivity index (χ1) is 15.5. The number of Topliss-reactive ketones (excluding diaryl/α,β-unsaturated/α-hetero) is 1. The summed E-state index contributed by atoms with van der Waals surface area (Å²) in [6, 6.07) is 11.7. The Morgan fingerprint density at radius 3 is 2.66 bits per heavy atom. The molecule has 0 spiro atoms. The Labute approximate surface area is 191 Å². The highest BCUT2D eigenvalue weighted by molar-refractivity contribution is 7.10. The molecule has 1 N–H and O–H groups in total. The van der Waals surface area contributed by atoms with E-state index in [0.717, 1.165) is 27.6 Å². The number of carbonyl (C=O) groups is 2. The van der Waals surface area contributed by atoms with Crippen molar-refractivity contribution in [3.8, 4) is 5.75 Å². The summed E-state index contributed by atoms with van der Waals surface area (Å²) in [7, 11) is 3.21. The lowest BCUT2D eigenvalue weighted by atomic mass is 9.73. The molecule has 2 aromatic rings. The number of hydrogen-bond acceptors (Lipinski definition) is 7. The monoisotopic (exact) mass is 453 g/mol. The Hall–Kier alpha value is -2.90. The number of methoxy groups -OCH3 is 2. The van der Waals surface area contributed by atoms with Crippen LogP contribution in [0.3, 0.4) is 0 Å². The van der Waals surface area contributed by atoms with E-state index in [1.54, 1.807) is 25.6 Å². The van der Waals surface area contributed by atoms with Crippen molar-refractivity contribution in [1.29, 1.82) is 0 Å². The lowest BCUT2D eigenvalue weighted by molar-refractivity contribution is -0.140. The number of benzene rings is 1. The molecule has 4 rings (SSSR count). The molecule has 0 radical (unpaired) electrons. The fraction of sp³-hybridized carbons (Fsp3) is 0.360. The first-order valence-electron chi connectivity index (χ1n) is 10.6. The molecule has 0 unspecified atom stereocenters. The number of ketones is 1. The lowest BCUT2D eigenvalue weighted by Gasteiger charge is -2.36. The molecule has 0 fully saturated rings. The zero-order chi connectivity index (χ0) is 22.7. The fourth-order valence-corrected chi connectivity index (χ4v) is 5.41. The predicted molar refractivity (Wildman–Crippen MR) is 123 cm³/mol. The molecule has 1 aliphatic heterocycles. The van der Waals surface area contributed by atoms with Crippen molar-refractivity contribution < 1.29 is 23.8 Å². The normalized spacial score (nSPS) is 20.7. The number of para-hydroxylation sites is 1. The van der Waals surface area contributed by atoms with E-state index in [0.29, 0.717) is 30.6 Å². The van der Waals surface area contributed by atoms with Crippen LogP contribution in [0.5, 0.6) is 5.75 Å². The van der Waals surface area contributed by atoms with Crippen molar-refractivity contribution >= 4 is 23.1 Å². The highest BCUT2D eigenvalue weighted by Gasteiger charge is 2.42. The third-order valence-electron chi connectivity index (χ3n) is 5.97. The molecule has 168 valence electrons. The minimum atomic E-state index is -0.424. The Morgan fingerprint density at radius 1 is 1.12 bits per heavy atom. The van der Waals surface area contributed by atoms with Gasteiger partial charge in [-0.2, -0.15) is 0 Å². The number of dihydropyridines is 1. The molecule has 2 heterocycles. The van der Waals surface area contributed by atoms with E-state index >= 15 is 0 Å². The standard InChI is InChI=1S/C25H27NO5S/c1-15-22(25(28)31-11-10-29-2)24(21-9-6-12-32-21)23-18(26-15)13-16(14-19(23)27)17-7-4-5-8-20(17)30-3/h4-9,12,16,24,26H,10-11,13-14H2,1-3H3/t16-,24+/m1/s1. The van der Waals surface area contributed by atoms with Gasteiger partial charge >= 0.3 is 5.97 Å². The van der Waals surface area contributed by atoms with E-state index in [2.05, 4.69) is 5.32 Å². The molecule has 0 amide bonds. The van der Waals surface area contributed by atoms with E-state index in [1.165, 1.54) is 0 Å². The Bertz CT molecular complexity index is 1070. The molecule has 7 heteroatoms. The van der Waals surface area contributed by atoms with Crippen LogP contribution in [0.2, 0.25) is 0 Å². The molecule has 32 heavy (non-hydrogen) atoms. The number of hydrogen-bond donors (Lipinski definition) is 1. The van der Waals surface area contributed by atoms with Gasteiger partial charge < -0.3 is 19.5 Å². The van der Waals surface area contributed by atoms with Crippen molar-refractivity contribution in [3.05, 3.63) is 74.8 Å². The number of carbonyl (C=O) groups excluding carboxylic acids is 2. The predicted octanol–water partition coefficient (Wildman–Crippen LogP) is 4.31. The van der Waals surface area contributed by atoms with Crippen LogP contribution in [-0.2, 0) is 19.1 Å². The van der Waals surface area contributed by atoms with Gasteiger partial charge in [0.1, 0.15) is 12.4 Å². The highest BCUT2D eigenvalue weighted by Crippen LogP contribution is 2.47. The summed E-state index contributed by atoms with van der Waals surface area (Å²) in [5.74, 6) is -0.00153. The SMILES string of the molecule is COCCOC(=O)C1=C(C)NC2=C(C(=O)C[C@H](c3ccccc3OC)C2)[C@H]1c1cccs1. The van der Waals surface area contributed by atoms with E-state index in [-0.39, 0.29) is 18.3 Å². The van der Waals surface area contributed by atoms with Crippen LogP contribution in [-0.4, -0.2) is 39.2 Å². The molecule has 2 aliphatic rings. The molecule has 0 saturated heterocycles. The number of thiophene rings is 1. The van der Waals surface area contributed by atoms with E-state index in [9.17, 15) is 9.59 Å². The van der Waals surface area contributed by atoms with Crippen molar-refractivity contribution in [1.82, 2.24) is 5.32 Å². The minimum Gasteiger partial charge on any atom is -0.496 e. The van der Waals surface area contributed by atoms with Gasteiger partial charge in [0.2, 0.25) is 0 Å².